The molecule has 0 bridgehead atoms. The number of rotatable bonds is 2. The molecule has 0 heterocycles. The largest absolute Gasteiger partial charge is 0.206 e. The molecular formula is C19H13F3. The van der Waals surface area contributed by atoms with Crippen molar-refractivity contribution in [3.05, 3.63) is 83.7 Å². The second kappa shape index (κ2) is 5.68. The molecule has 3 aromatic rings. The molecule has 0 aromatic heterocycles. The molecule has 22 heavy (non-hydrogen) atoms. The summed E-state index contributed by atoms with van der Waals surface area (Å²) in [7, 11) is 0. The quantitative estimate of drug-likeness (QED) is 0.565. The van der Waals surface area contributed by atoms with Gasteiger partial charge in [0.05, 0.1) is 0 Å². The van der Waals surface area contributed by atoms with Crippen LogP contribution >= 0.6 is 0 Å². The van der Waals surface area contributed by atoms with Gasteiger partial charge in [0.25, 0.3) is 0 Å². The van der Waals surface area contributed by atoms with Crippen LogP contribution in [0.1, 0.15) is 5.56 Å². The van der Waals surface area contributed by atoms with Gasteiger partial charge in [0.1, 0.15) is 5.82 Å². The van der Waals surface area contributed by atoms with Crippen LogP contribution in [-0.4, -0.2) is 0 Å². The van der Waals surface area contributed by atoms with E-state index in [9.17, 15) is 13.2 Å². The first-order chi connectivity index (χ1) is 10.5. The summed E-state index contributed by atoms with van der Waals surface area (Å²) in [6.45, 7) is 1.98. The third-order valence-electron chi connectivity index (χ3n) is 3.58. The Morgan fingerprint density at radius 1 is 0.545 bits per heavy atom. The molecule has 0 atom stereocenters. The SMILES string of the molecule is Cc1ccc(-c2ccc(-c3ccc(F)c(F)c3)c(F)c2)cc1. The van der Waals surface area contributed by atoms with Crippen molar-refractivity contribution in [1.82, 2.24) is 0 Å². The van der Waals surface area contributed by atoms with Crippen LogP contribution in [0.5, 0.6) is 0 Å². The van der Waals surface area contributed by atoms with E-state index >= 15 is 0 Å². The average molecular weight is 298 g/mol. The number of benzene rings is 3. The van der Waals surface area contributed by atoms with Crippen LogP contribution in [0, 0.1) is 24.4 Å². The summed E-state index contributed by atoms with van der Waals surface area (Å²) in [5.41, 5.74) is 3.33. The summed E-state index contributed by atoms with van der Waals surface area (Å²) < 4.78 is 40.6. The van der Waals surface area contributed by atoms with Crippen molar-refractivity contribution in [2.75, 3.05) is 0 Å². The lowest BCUT2D eigenvalue weighted by Gasteiger charge is -2.08. The third-order valence-corrected chi connectivity index (χ3v) is 3.58. The Morgan fingerprint density at radius 3 is 1.77 bits per heavy atom. The van der Waals surface area contributed by atoms with E-state index in [1.165, 1.54) is 12.1 Å². The van der Waals surface area contributed by atoms with E-state index in [4.69, 9.17) is 0 Å². The van der Waals surface area contributed by atoms with Gasteiger partial charge >= 0.3 is 0 Å². The van der Waals surface area contributed by atoms with Gasteiger partial charge in [-0.25, -0.2) is 13.2 Å². The molecule has 0 aliphatic heterocycles. The summed E-state index contributed by atoms with van der Waals surface area (Å²) in [5.74, 6) is -2.40. The second-order valence-electron chi connectivity index (χ2n) is 5.19. The third kappa shape index (κ3) is 2.75. The van der Waals surface area contributed by atoms with E-state index in [1.807, 2.05) is 31.2 Å². The van der Waals surface area contributed by atoms with Crippen LogP contribution in [0.25, 0.3) is 22.3 Å². The zero-order valence-electron chi connectivity index (χ0n) is 11.9. The van der Waals surface area contributed by atoms with Gasteiger partial charge < -0.3 is 0 Å². The summed E-state index contributed by atoms with van der Waals surface area (Å²) >= 11 is 0. The normalized spacial score (nSPS) is 10.7. The summed E-state index contributed by atoms with van der Waals surface area (Å²) in [6.07, 6.45) is 0. The van der Waals surface area contributed by atoms with Crippen LogP contribution in [-0.2, 0) is 0 Å². The van der Waals surface area contributed by atoms with Crippen LogP contribution < -0.4 is 0 Å². The van der Waals surface area contributed by atoms with E-state index < -0.39 is 17.5 Å². The molecule has 0 fully saturated rings. The smallest absolute Gasteiger partial charge is 0.159 e. The zero-order chi connectivity index (χ0) is 15.7. The first-order valence-corrected chi connectivity index (χ1v) is 6.86. The maximum Gasteiger partial charge on any atom is 0.159 e. The van der Waals surface area contributed by atoms with Crippen LogP contribution in [0.2, 0.25) is 0 Å². The minimum Gasteiger partial charge on any atom is -0.206 e. The maximum atomic E-state index is 14.3. The fourth-order valence-electron chi connectivity index (χ4n) is 2.34. The maximum absolute atomic E-state index is 14.3. The molecule has 3 heteroatoms. The lowest BCUT2D eigenvalue weighted by Crippen LogP contribution is -1.89. The summed E-state index contributed by atoms with van der Waals surface area (Å²) in [4.78, 5) is 0. The van der Waals surface area contributed by atoms with Crippen molar-refractivity contribution in [1.29, 1.82) is 0 Å². The Labute approximate surface area is 126 Å². The van der Waals surface area contributed by atoms with Crippen molar-refractivity contribution in [3.8, 4) is 22.3 Å². The number of hydrogen-bond acceptors (Lipinski definition) is 0. The second-order valence-corrected chi connectivity index (χ2v) is 5.19. The number of aryl methyl sites for hydroxylation is 1. The fraction of sp³-hybridized carbons (Fsp3) is 0.0526. The Balaban J connectivity index is 2.01. The van der Waals surface area contributed by atoms with Crippen molar-refractivity contribution >= 4 is 0 Å². The first-order valence-electron chi connectivity index (χ1n) is 6.86. The monoisotopic (exact) mass is 298 g/mol. The average Bonchev–Trinajstić information content (AvgIpc) is 2.51. The van der Waals surface area contributed by atoms with Crippen molar-refractivity contribution in [2.24, 2.45) is 0 Å². The standard InChI is InChI=1S/C19H13F3/c1-12-2-4-13(5-3-12)14-6-8-16(18(21)10-14)15-7-9-17(20)19(22)11-15/h2-11H,1H3. The van der Waals surface area contributed by atoms with E-state index in [1.54, 1.807) is 12.1 Å². The van der Waals surface area contributed by atoms with Gasteiger partial charge in [-0.05, 0) is 41.8 Å². The molecule has 0 aliphatic rings. The molecule has 0 radical (unpaired) electrons. The molecule has 0 saturated heterocycles. The van der Waals surface area contributed by atoms with Gasteiger partial charge in [-0.3, -0.25) is 0 Å². The van der Waals surface area contributed by atoms with E-state index in [-0.39, 0.29) is 5.56 Å². The van der Waals surface area contributed by atoms with Gasteiger partial charge in [0.15, 0.2) is 11.6 Å². The molecule has 0 nitrogen and oxygen atoms in total. The number of halogens is 3. The summed E-state index contributed by atoms with van der Waals surface area (Å²) in [5, 5.41) is 0. The van der Waals surface area contributed by atoms with Crippen LogP contribution in [0.15, 0.2) is 60.7 Å². The van der Waals surface area contributed by atoms with E-state index in [0.29, 0.717) is 5.56 Å². The van der Waals surface area contributed by atoms with Crippen molar-refractivity contribution < 1.29 is 13.2 Å². The van der Waals surface area contributed by atoms with Gasteiger partial charge in [0.2, 0.25) is 0 Å². The molecule has 3 rings (SSSR count). The summed E-state index contributed by atoms with van der Waals surface area (Å²) in [6, 6.07) is 15.9. The lowest BCUT2D eigenvalue weighted by molar-refractivity contribution is 0.509. The molecule has 0 amide bonds. The molecule has 0 saturated carbocycles. The first kappa shape index (κ1) is 14.4. The van der Waals surface area contributed by atoms with Crippen LogP contribution in [0.4, 0.5) is 13.2 Å². The lowest BCUT2D eigenvalue weighted by atomic mass is 9.99. The molecule has 0 aliphatic carbocycles. The van der Waals surface area contributed by atoms with Gasteiger partial charge in [-0.15, -0.1) is 0 Å². The van der Waals surface area contributed by atoms with Gasteiger partial charge in [0, 0.05) is 5.56 Å². The highest BCUT2D eigenvalue weighted by atomic mass is 19.2. The Morgan fingerprint density at radius 2 is 1.14 bits per heavy atom. The minimum atomic E-state index is -0.987. The molecule has 3 aromatic carbocycles. The molecular weight excluding hydrogens is 285 g/mol. The Bertz CT molecular complexity index is 821. The van der Waals surface area contributed by atoms with Gasteiger partial charge in [-0.2, -0.15) is 0 Å². The minimum absolute atomic E-state index is 0.245. The molecule has 0 unspecified atom stereocenters. The fourth-order valence-corrected chi connectivity index (χ4v) is 2.34. The Hall–Kier alpha value is -2.55. The molecule has 0 spiro atoms. The Kier molecular flexibility index (Phi) is 3.72. The number of hydrogen-bond donors (Lipinski definition) is 0. The van der Waals surface area contributed by atoms with E-state index in [2.05, 4.69) is 0 Å². The zero-order valence-corrected chi connectivity index (χ0v) is 11.9. The predicted octanol–water partition coefficient (Wildman–Crippen LogP) is 5.75. The highest BCUT2D eigenvalue weighted by Crippen LogP contribution is 2.29. The topological polar surface area (TPSA) is 0 Å². The van der Waals surface area contributed by atoms with Crippen LogP contribution in [0.3, 0.4) is 0 Å². The molecule has 0 N–H and O–H groups in total. The van der Waals surface area contributed by atoms with Crippen molar-refractivity contribution in [2.45, 2.75) is 6.92 Å². The highest BCUT2D eigenvalue weighted by molar-refractivity contribution is 5.71. The van der Waals surface area contributed by atoms with Crippen molar-refractivity contribution in [3.63, 3.8) is 0 Å². The highest BCUT2D eigenvalue weighted by Gasteiger charge is 2.10. The molecule has 110 valence electrons. The predicted molar refractivity (Wildman–Crippen MR) is 81.9 cm³/mol. The van der Waals surface area contributed by atoms with E-state index in [0.717, 1.165) is 28.8 Å². The van der Waals surface area contributed by atoms with Gasteiger partial charge in [-0.1, -0.05) is 48.0 Å².